The van der Waals surface area contributed by atoms with Gasteiger partial charge in [0.05, 0.1) is 6.04 Å². The van der Waals surface area contributed by atoms with Crippen molar-refractivity contribution in [3.63, 3.8) is 0 Å². The molecule has 0 spiro atoms. The summed E-state index contributed by atoms with van der Waals surface area (Å²) in [5.41, 5.74) is 2.51. The number of amides is 1. The second-order valence-electron chi connectivity index (χ2n) is 7.45. The van der Waals surface area contributed by atoms with Crippen molar-refractivity contribution < 1.29 is 24.1 Å². The van der Waals surface area contributed by atoms with E-state index in [-0.39, 0.29) is 13.3 Å². The maximum atomic E-state index is 12.5. The van der Waals surface area contributed by atoms with Crippen LogP contribution in [0.15, 0.2) is 84.9 Å². The Balaban J connectivity index is 1.37. The van der Waals surface area contributed by atoms with Crippen LogP contribution < -0.4 is 4.74 Å². The lowest BCUT2D eigenvalue weighted by Crippen LogP contribution is -2.43. The van der Waals surface area contributed by atoms with E-state index in [1.54, 1.807) is 31.2 Å². The molecule has 0 aliphatic carbocycles. The minimum Gasteiger partial charge on any atom is -0.489 e. The summed E-state index contributed by atoms with van der Waals surface area (Å²) in [6.07, 6.45) is -0.532. The lowest BCUT2D eigenvalue weighted by Gasteiger charge is -2.28. The van der Waals surface area contributed by atoms with Crippen LogP contribution in [-0.2, 0) is 28.5 Å². The molecule has 1 heterocycles. The smallest absolute Gasteiger partial charge is 0.412 e. The van der Waals surface area contributed by atoms with Gasteiger partial charge in [0.1, 0.15) is 25.7 Å². The molecule has 0 aromatic heterocycles. The Hall–Kier alpha value is -3.35. The molecule has 1 saturated heterocycles. The van der Waals surface area contributed by atoms with E-state index in [0.29, 0.717) is 17.9 Å². The van der Waals surface area contributed by atoms with Crippen molar-refractivity contribution in [1.29, 1.82) is 0 Å². The number of carbonyl (C=O) groups is 1. The van der Waals surface area contributed by atoms with Crippen molar-refractivity contribution >= 4 is 6.09 Å². The molecule has 1 aliphatic rings. The molecule has 160 valence electrons. The monoisotopic (exact) mass is 419 g/mol. The van der Waals surface area contributed by atoms with Crippen LogP contribution >= 0.6 is 0 Å². The molecular formula is C25H25NO5. The molecule has 3 aromatic carbocycles. The summed E-state index contributed by atoms with van der Waals surface area (Å²) in [6.45, 7) is 2.29. The van der Waals surface area contributed by atoms with Crippen LogP contribution in [0, 0.1) is 0 Å². The molecule has 1 amide bonds. The number of carbonyl (C=O) groups excluding carboxylic acids is 1. The number of rotatable bonds is 6. The summed E-state index contributed by atoms with van der Waals surface area (Å²) in [6, 6.07) is 25.8. The zero-order chi connectivity index (χ0) is 21.7. The predicted molar refractivity (Wildman–Crippen MR) is 115 cm³/mol. The number of aliphatic hydroxyl groups is 1. The number of benzene rings is 3. The third kappa shape index (κ3) is 4.71. The van der Waals surface area contributed by atoms with Gasteiger partial charge in [-0.25, -0.2) is 4.79 Å². The minimum atomic E-state index is -1.62. The second-order valence-corrected chi connectivity index (χ2v) is 7.45. The Morgan fingerprint density at radius 1 is 0.968 bits per heavy atom. The van der Waals surface area contributed by atoms with Gasteiger partial charge in [-0.2, -0.15) is 0 Å². The Labute approximate surface area is 181 Å². The van der Waals surface area contributed by atoms with Crippen molar-refractivity contribution in [2.24, 2.45) is 0 Å². The van der Waals surface area contributed by atoms with Gasteiger partial charge in [0.25, 0.3) is 0 Å². The third-order valence-electron chi connectivity index (χ3n) is 5.41. The van der Waals surface area contributed by atoms with Gasteiger partial charge in [0.15, 0.2) is 0 Å². The fourth-order valence-corrected chi connectivity index (χ4v) is 3.48. The van der Waals surface area contributed by atoms with Crippen LogP contribution in [0.1, 0.15) is 23.6 Å². The van der Waals surface area contributed by atoms with Crippen molar-refractivity contribution in [2.45, 2.75) is 32.0 Å². The molecule has 1 fully saturated rings. The largest absolute Gasteiger partial charge is 0.489 e. The van der Waals surface area contributed by atoms with Crippen LogP contribution in [0.3, 0.4) is 0 Å². The first-order valence-corrected chi connectivity index (χ1v) is 10.2. The second kappa shape index (κ2) is 9.20. The van der Waals surface area contributed by atoms with Gasteiger partial charge >= 0.3 is 6.09 Å². The van der Waals surface area contributed by atoms with Gasteiger partial charge in [-0.15, -0.1) is 0 Å². The number of nitrogens with zero attached hydrogens (tertiary/aromatic N) is 1. The van der Waals surface area contributed by atoms with Gasteiger partial charge in [-0.05, 0) is 42.3 Å². The molecular weight excluding hydrogens is 394 g/mol. The molecule has 0 radical (unpaired) electrons. The maximum Gasteiger partial charge on any atom is 0.412 e. The van der Waals surface area contributed by atoms with Crippen molar-refractivity contribution in [2.75, 3.05) is 6.73 Å². The highest BCUT2D eigenvalue weighted by Gasteiger charge is 2.48. The van der Waals surface area contributed by atoms with Crippen LogP contribution in [-0.4, -0.2) is 28.9 Å². The minimum absolute atomic E-state index is 0.0580. The summed E-state index contributed by atoms with van der Waals surface area (Å²) in [7, 11) is 0. The summed E-state index contributed by atoms with van der Waals surface area (Å²) < 4.78 is 16.8. The van der Waals surface area contributed by atoms with E-state index in [1.165, 1.54) is 4.90 Å². The van der Waals surface area contributed by atoms with Crippen molar-refractivity contribution in [1.82, 2.24) is 4.90 Å². The fourth-order valence-electron chi connectivity index (χ4n) is 3.48. The molecule has 4 rings (SSSR count). The zero-order valence-electron chi connectivity index (χ0n) is 17.3. The molecule has 2 atom stereocenters. The van der Waals surface area contributed by atoms with Gasteiger partial charge in [0.2, 0.25) is 5.79 Å². The quantitative estimate of drug-likeness (QED) is 0.640. The Morgan fingerprint density at radius 2 is 1.55 bits per heavy atom. The third-order valence-corrected chi connectivity index (χ3v) is 5.41. The lowest BCUT2D eigenvalue weighted by molar-refractivity contribution is -0.185. The number of hydrogen-bond donors (Lipinski definition) is 1. The molecule has 1 N–H and O–H groups in total. The van der Waals surface area contributed by atoms with Crippen LogP contribution in [0.2, 0.25) is 0 Å². The fraction of sp³-hybridized carbons (Fsp3) is 0.240. The molecule has 6 heteroatoms. The number of hydrogen-bond acceptors (Lipinski definition) is 5. The molecule has 31 heavy (non-hydrogen) atoms. The van der Waals surface area contributed by atoms with E-state index >= 15 is 0 Å². The van der Waals surface area contributed by atoms with Crippen LogP contribution in [0.25, 0.3) is 0 Å². The predicted octanol–water partition coefficient (Wildman–Crippen LogP) is 4.43. The molecule has 1 aliphatic heterocycles. The van der Waals surface area contributed by atoms with Crippen LogP contribution in [0.4, 0.5) is 4.79 Å². The maximum absolute atomic E-state index is 12.5. The Morgan fingerprint density at radius 3 is 2.16 bits per heavy atom. The molecule has 3 aromatic rings. The van der Waals surface area contributed by atoms with Crippen LogP contribution in [0.5, 0.6) is 5.75 Å². The zero-order valence-corrected chi connectivity index (χ0v) is 17.3. The highest BCUT2D eigenvalue weighted by Crippen LogP contribution is 2.36. The first-order valence-electron chi connectivity index (χ1n) is 10.2. The van der Waals surface area contributed by atoms with Gasteiger partial charge in [0, 0.05) is 5.56 Å². The number of ether oxygens (including phenoxy) is 3. The standard InChI is InChI=1S/C25H25NO5/c1-19-25(28,31-18-26(19)24(27)30-17-21-10-6-3-7-11-21)22-12-14-23(15-13-22)29-16-20-8-4-2-5-9-20/h2-15,19,28H,16-18H2,1H3/t19-,25?/m0/s1. The summed E-state index contributed by atoms with van der Waals surface area (Å²) in [4.78, 5) is 13.9. The summed E-state index contributed by atoms with van der Waals surface area (Å²) >= 11 is 0. The van der Waals surface area contributed by atoms with E-state index < -0.39 is 17.9 Å². The Kier molecular flexibility index (Phi) is 6.21. The van der Waals surface area contributed by atoms with E-state index in [4.69, 9.17) is 14.2 Å². The van der Waals surface area contributed by atoms with Gasteiger partial charge < -0.3 is 19.3 Å². The van der Waals surface area contributed by atoms with E-state index in [9.17, 15) is 9.90 Å². The first kappa shape index (κ1) is 20.9. The molecule has 1 unspecified atom stereocenters. The highest BCUT2D eigenvalue weighted by molar-refractivity contribution is 5.68. The van der Waals surface area contributed by atoms with E-state index in [1.807, 2.05) is 60.7 Å². The normalized spacial score (nSPS) is 20.5. The summed E-state index contributed by atoms with van der Waals surface area (Å²) in [5, 5.41) is 11.1. The molecule has 0 bridgehead atoms. The molecule has 0 saturated carbocycles. The average molecular weight is 419 g/mol. The van der Waals surface area contributed by atoms with E-state index in [0.717, 1.165) is 11.1 Å². The summed E-state index contributed by atoms with van der Waals surface area (Å²) in [5.74, 6) is -0.940. The molecule has 6 nitrogen and oxygen atoms in total. The lowest BCUT2D eigenvalue weighted by atomic mass is 9.99. The van der Waals surface area contributed by atoms with E-state index in [2.05, 4.69) is 0 Å². The SMILES string of the molecule is C[C@@H]1N(C(=O)OCc2ccccc2)COC1(O)c1ccc(OCc2ccccc2)cc1. The van der Waals surface area contributed by atoms with Gasteiger partial charge in [-0.1, -0.05) is 60.7 Å². The Bertz CT molecular complexity index is 993. The van der Waals surface area contributed by atoms with Gasteiger partial charge in [-0.3, -0.25) is 4.90 Å². The van der Waals surface area contributed by atoms with Crippen molar-refractivity contribution in [3.05, 3.63) is 102 Å². The first-order chi connectivity index (χ1) is 15.1. The van der Waals surface area contributed by atoms with Crippen molar-refractivity contribution in [3.8, 4) is 5.75 Å². The topological polar surface area (TPSA) is 68.2 Å². The average Bonchev–Trinajstić information content (AvgIpc) is 3.13. The highest BCUT2D eigenvalue weighted by atomic mass is 16.7.